The summed E-state index contributed by atoms with van der Waals surface area (Å²) in [6.45, 7) is 0. The van der Waals surface area contributed by atoms with Crippen LogP contribution >= 0.6 is 35.4 Å². The number of thiocarbonyl (C=S) groups is 1. The number of benzene rings is 2. The molecule has 23 heavy (non-hydrogen) atoms. The molecule has 0 saturated heterocycles. The normalized spacial score (nSPS) is 10.0. The number of amides is 1. The molecule has 2 rings (SSSR count). The molecule has 2 N–H and O–H groups in total. The number of non-ortho nitro benzene ring substituents is 1. The molecular formula is C14H9Cl2N3O3S. The van der Waals surface area contributed by atoms with E-state index in [1.165, 1.54) is 24.3 Å². The highest BCUT2D eigenvalue weighted by Gasteiger charge is 2.11. The van der Waals surface area contributed by atoms with Crippen LogP contribution in [0.4, 0.5) is 11.4 Å². The van der Waals surface area contributed by atoms with Crippen LogP contribution in [0.2, 0.25) is 10.0 Å². The first-order chi connectivity index (χ1) is 10.8. The number of halogens is 2. The average molecular weight is 370 g/mol. The SMILES string of the molecule is O=C(NC(=S)Nc1cc(Cl)cc(Cl)c1)c1ccc([N+](=O)[O-])cc1. The van der Waals surface area contributed by atoms with Crippen molar-refractivity contribution in [2.45, 2.75) is 0 Å². The molecule has 2 aromatic carbocycles. The van der Waals surface area contributed by atoms with E-state index < -0.39 is 10.8 Å². The zero-order valence-corrected chi connectivity index (χ0v) is 13.7. The molecule has 0 aliphatic carbocycles. The quantitative estimate of drug-likeness (QED) is 0.484. The Bertz CT molecular complexity index is 761. The number of carbonyl (C=O) groups is 1. The molecule has 1 amide bonds. The van der Waals surface area contributed by atoms with Crippen LogP contribution in [-0.2, 0) is 0 Å². The van der Waals surface area contributed by atoms with Gasteiger partial charge in [-0.05, 0) is 42.5 Å². The zero-order chi connectivity index (χ0) is 17.0. The summed E-state index contributed by atoms with van der Waals surface area (Å²) in [4.78, 5) is 22.0. The van der Waals surface area contributed by atoms with Gasteiger partial charge in [0.25, 0.3) is 11.6 Å². The number of nitro groups is 1. The molecule has 0 fully saturated rings. The van der Waals surface area contributed by atoms with Crippen LogP contribution < -0.4 is 10.6 Å². The van der Waals surface area contributed by atoms with Gasteiger partial charge in [-0.1, -0.05) is 23.2 Å². The van der Waals surface area contributed by atoms with E-state index in [1.54, 1.807) is 18.2 Å². The molecule has 0 aromatic heterocycles. The summed E-state index contributed by atoms with van der Waals surface area (Å²) in [5, 5.41) is 16.7. The van der Waals surface area contributed by atoms with E-state index in [0.29, 0.717) is 15.7 Å². The fraction of sp³-hybridized carbons (Fsp3) is 0. The molecule has 2 aromatic rings. The van der Waals surface area contributed by atoms with Gasteiger partial charge in [0.1, 0.15) is 0 Å². The van der Waals surface area contributed by atoms with Gasteiger partial charge in [-0.25, -0.2) is 0 Å². The highest BCUT2D eigenvalue weighted by Crippen LogP contribution is 2.22. The van der Waals surface area contributed by atoms with Crippen molar-refractivity contribution in [1.29, 1.82) is 0 Å². The molecule has 118 valence electrons. The van der Waals surface area contributed by atoms with Crippen molar-refractivity contribution in [3.8, 4) is 0 Å². The van der Waals surface area contributed by atoms with Crippen molar-refractivity contribution < 1.29 is 9.72 Å². The summed E-state index contributed by atoms with van der Waals surface area (Å²) in [6.07, 6.45) is 0. The van der Waals surface area contributed by atoms with E-state index >= 15 is 0 Å². The lowest BCUT2D eigenvalue weighted by molar-refractivity contribution is -0.384. The predicted molar refractivity (Wildman–Crippen MR) is 93.2 cm³/mol. The summed E-state index contributed by atoms with van der Waals surface area (Å²) in [7, 11) is 0. The molecule has 0 heterocycles. The van der Waals surface area contributed by atoms with Gasteiger partial charge in [-0.3, -0.25) is 20.2 Å². The standard InChI is InChI=1S/C14H9Cl2N3O3S/c15-9-5-10(16)7-11(6-9)17-14(23)18-13(20)8-1-3-12(4-2-8)19(21)22/h1-7H,(H2,17,18,20,23). The number of nitro benzene ring substituents is 1. The number of nitrogens with zero attached hydrogens (tertiary/aromatic N) is 1. The Kier molecular flexibility index (Phi) is 5.49. The number of hydrogen-bond acceptors (Lipinski definition) is 4. The molecule has 0 atom stereocenters. The molecule has 0 aliphatic heterocycles. The van der Waals surface area contributed by atoms with Crippen molar-refractivity contribution in [3.63, 3.8) is 0 Å². The summed E-state index contributed by atoms with van der Waals surface area (Å²) in [5.74, 6) is -0.495. The van der Waals surface area contributed by atoms with E-state index in [1.807, 2.05) is 0 Å². The van der Waals surface area contributed by atoms with Gasteiger partial charge in [-0.2, -0.15) is 0 Å². The Morgan fingerprint density at radius 1 is 1.09 bits per heavy atom. The Hall–Kier alpha value is -2.22. The van der Waals surface area contributed by atoms with Crippen molar-refractivity contribution in [2.75, 3.05) is 5.32 Å². The third-order valence-corrected chi connectivity index (χ3v) is 3.33. The molecule has 0 bridgehead atoms. The second-order valence-electron chi connectivity index (χ2n) is 4.37. The van der Waals surface area contributed by atoms with Gasteiger partial charge < -0.3 is 5.32 Å². The van der Waals surface area contributed by atoms with E-state index in [-0.39, 0.29) is 16.4 Å². The lowest BCUT2D eigenvalue weighted by atomic mass is 10.2. The first kappa shape index (κ1) is 17.1. The third-order valence-electron chi connectivity index (χ3n) is 2.69. The van der Waals surface area contributed by atoms with Crippen LogP contribution in [-0.4, -0.2) is 15.9 Å². The Morgan fingerprint density at radius 2 is 1.65 bits per heavy atom. The maximum atomic E-state index is 12.0. The zero-order valence-electron chi connectivity index (χ0n) is 11.4. The van der Waals surface area contributed by atoms with Gasteiger partial charge in [0.05, 0.1) is 4.92 Å². The molecule has 0 saturated carbocycles. The van der Waals surface area contributed by atoms with E-state index in [0.717, 1.165) is 0 Å². The maximum absolute atomic E-state index is 12.0. The third kappa shape index (κ3) is 4.88. The molecule has 0 unspecified atom stereocenters. The number of nitrogens with one attached hydrogen (secondary N) is 2. The monoisotopic (exact) mass is 369 g/mol. The van der Waals surface area contributed by atoms with E-state index in [2.05, 4.69) is 10.6 Å². The highest BCUT2D eigenvalue weighted by atomic mass is 35.5. The van der Waals surface area contributed by atoms with Crippen LogP contribution in [0.1, 0.15) is 10.4 Å². The second-order valence-corrected chi connectivity index (χ2v) is 5.65. The van der Waals surface area contributed by atoms with Crippen LogP contribution in [0.3, 0.4) is 0 Å². The molecule has 0 aliphatic rings. The Morgan fingerprint density at radius 3 is 2.17 bits per heavy atom. The van der Waals surface area contributed by atoms with Crippen LogP contribution in [0.25, 0.3) is 0 Å². The molecule has 6 nitrogen and oxygen atoms in total. The lowest BCUT2D eigenvalue weighted by Crippen LogP contribution is -2.34. The predicted octanol–water partition coefficient (Wildman–Crippen LogP) is 4.03. The molecule has 9 heteroatoms. The van der Waals surface area contributed by atoms with Crippen LogP contribution in [0, 0.1) is 10.1 Å². The first-order valence-electron chi connectivity index (χ1n) is 6.18. The fourth-order valence-corrected chi connectivity index (χ4v) is 2.43. The minimum atomic E-state index is -0.545. The van der Waals surface area contributed by atoms with Crippen molar-refractivity contribution in [2.24, 2.45) is 0 Å². The molecule has 0 radical (unpaired) electrons. The minimum Gasteiger partial charge on any atom is -0.332 e. The van der Waals surface area contributed by atoms with E-state index in [4.69, 9.17) is 35.4 Å². The van der Waals surface area contributed by atoms with Crippen molar-refractivity contribution >= 4 is 57.8 Å². The molecule has 0 spiro atoms. The Labute approximate surface area is 146 Å². The van der Waals surface area contributed by atoms with Gasteiger partial charge in [-0.15, -0.1) is 0 Å². The molecular weight excluding hydrogens is 361 g/mol. The lowest BCUT2D eigenvalue weighted by Gasteiger charge is -2.10. The highest BCUT2D eigenvalue weighted by molar-refractivity contribution is 7.80. The average Bonchev–Trinajstić information content (AvgIpc) is 2.45. The first-order valence-corrected chi connectivity index (χ1v) is 7.34. The van der Waals surface area contributed by atoms with Gasteiger partial charge in [0, 0.05) is 33.4 Å². The summed E-state index contributed by atoms with van der Waals surface area (Å²) in [6, 6.07) is 9.91. The topological polar surface area (TPSA) is 84.3 Å². The summed E-state index contributed by atoms with van der Waals surface area (Å²) in [5.41, 5.74) is 0.663. The maximum Gasteiger partial charge on any atom is 0.269 e. The van der Waals surface area contributed by atoms with Crippen LogP contribution in [0.15, 0.2) is 42.5 Å². The van der Waals surface area contributed by atoms with Gasteiger partial charge in [0.15, 0.2) is 5.11 Å². The second kappa shape index (κ2) is 7.36. The number of rotatable bonds is 3. The largest absolute Gasteiger partial charge is 0.332 e. The fourth-order valence-electron chi connectivity index (χ4n) is 1.70. The number of anilines is 1. The minimum absolute atomic E-state index is 0.0479. The number of hydrogen-bond donors (Lipinski definition) is 2. The van der Waals surface area contributed by atoms with Gasteiger partial charge >= 0.3 is 0 Å². The van der Waals surface area contributed by atoms with Crippen molar-refractivity contribution in [3.05, 3.63) is 68.2 Å². The Balaban J connectivity index is 2.01. The smallest absolute Gasteiger partial charge is 0.269 e. The van der Waals surface area contributed by atoms with Gasteiger partial charge in [0.2, 0.25) is 0 Å². The summed E-state index contributed by atoms with van der Waals surface area (Å²) < 4.78 is 0. The van der Waals surface area contributed by atoms with Crippen molar-refractivity contribution in [1.82, 2.24) is 5.32 Å². The number of carbonyl (C=O) groups excluding carboxylic acids is 1. The van der Waals surface area contributed by atoms with E-state index in [9.17, 15) is 14.9 Å². The summed E-state index contributed by atoms with van der Waals surface area (Å²) >= 11 is 16.8. The van der Waals surface area contributed by atoms with Crippen LogP contribution in [0.5, 0.6) is 0 Å².